The largest absolute Gasteiger partial charge is 0.497 e. The Hall–Kier alpha value is -5.63. The van der Waals surface area contributed by atoms with E-state index in [2.05, 4.69) is 16.0 Å². The summed E-state index contributed by atoms with van der Waals surface area (Å²) in [6.45, 7) is 18.1. The third-order valence-electron chi connectivity index (χ3n) is 13.7. The molecule has 0 aliphatic carbocycles. The number of rotatable bonds is 14. The summed E-state index contributed by atoms with van der Waals surface area (Å²) in [5.74, 6) is -9.61. The minimum atomic E-state index is -1.73. The van der Waals surface area contributed by atoms with Crippen molar-refractivity contribution in [1.82, 2.24) is 30.7 Å². The Morgan fingerprint density at radius 2 is 1.53 bits per heavy atom. The number of nitrogens with zero attached hydrogens (tertiary/aromatic N) is 3. The van der Waals surface area contributed by atoms with Crippen LogP contribution in [0.15, 0.2) is 24.3 Å². The first-order valence-corrected chi connectivity index (χ1v) is 25.3. The van der Waals surface area contributed by atoms with Gasteiger partial charge in [0, 0.05) is 27.1 Å². The van der Waals surface area contributed by atoms with E-state index in [-0.39, 0.29) is 44.1 Å². The zero-order valence-electron chi connectivity index (χ0n) is 44.8. The van der Waals surface area contributed by atoms with Crippen LogP contribution in [0.2, 0.25) is 0 Å². The predicted octanol–water partition coefficient (Wildman–Crippen LogP) is 2.33. The molecule has 0 radical (unpaired) electrons. The van der Waals surface area contributed by atoms with Gasteiger partial charge in [-0.05, 0) is 87.8 Å². The number of carbonyl (C=O) groups excluding carboxylic acids is 9. The van der Waals surface area contributed by atoms with Gasteiger partial charge in [0.05, 0.1) is 31.6 Å². The molecular weight excluding hydrogens is 933 g/mol. The zero-order chi connectivity index (χ0) is 54.5. The van der Waals surface area contributed by atoms with Crippen LogP contribution in [0.4, 0.5) is 0 Å². The number of amides is 6. The van der Waals surface area contributed by atoms with Crippen LogP contribution < -0.4 is 20.7 Å². The molecule has 12 atom stereocenters. The number of likely N-dealkylation sites (N-methyl/N-ethyl adjacent to an activating group) is 2. The number of carbonyl (C=O) groups is 9. The van der Waals surface area contributed by atoms with E-state index in [1.165, 1.54) is 51.8 Å². The number of cyclic esters (lactones) is 2. The molecule has 72 heavy (non-hydrogen) atoms. The van der Waals surface area contributed by atoms with Gasteiger partial charge in [0.15, 0.2) is 11.9 Å². The predicted molar refractivity (Wildman–Crippen MR) is 265 cm³/mol. The molecule has 0 aromatic heterocycles. The molecule has 20 nitrogen and oxygen atoms in total. The Morgan fingerprint density at radius 1 is 0.903 bits per heavy atom. The van der Waals surface area contributed by atoms with Crippen molar-refractivity contribution in [3.63, 3.8) is 0 Å². The summed E-state index contributed by atoms with van der Waals surface area (Å²) >= 11 is 0. The van der Waals surface area contributed by atoms with Crippen molar-refractivity contribution in [3.8, 4) is 5.75 Å². The molecular formula is C52H82N6O14. The van der Waals surface area contributed by atoms with E-state index >= 15 is 0 Å². The van der Waals surface area contributed by atoms with Gasteiger partial charge in [-0.1, -0.05) is 73.9 Å². The van der Waals surface area contributed by atoms with Gasteiger partial charge in [-0.3, -0.25) is 38.4 Å². The standard InChI is InChI=1S/C52H82N6O14/c1-15-30(8)42-40(60)26-41(61)72-45(29(6)7)44(62)31(9)46(63)53-36(23-27(2)3)50(67)58-22-16-17-37(58)51(68)57(13)39(25-34-18-20-35(70-14)21-19-34)52(69)71-33(11)43(48(65)54-42)55-47(64)38(24-28(4)5)56(12)49(66)32(10)59/h18-21,27-33,36-40,42-43,45,59-60H,15-17,22-26H2,1-14H3,(H,53,63)(H,54,65)(H,55,64)/t30?,31?,32?,33-,36+,37+,38+,39+,40?,42?,43-,45?/m1/s1. The minimum Gasteiger partial charge on any atom is -0.497 e. The Balaban J connectivity index is 2.29. The number of nitrogens with one attached hydrogen (secondary N) is 3. The molecule has 6 amide bonds. The number of ketones is 1. The van der Waals surface area contributed by atoms with Crippen LogP contribution in [0, 0.1) is 29.6 Å². The second-order valence-electron chi connectivity index (χ2n) is 20.8. The number of hydrogen-bond donors (Lipinski definition) is 5. The van der Waals surface area contributed by atoms with Crippen LogP contribution in [0.25, 0.3) is 0 Å². The molecule has 1 aromatic carbocycles. The number of benzene rings is 1. The first-order valence-electron chi connectivity index (χ1n) is 25.3. The number of esters is 2. The fourth-order valence-electron chi connectivity index (χ4n) is 9.05. The maximum absolute atomic E-state index is 14.8. The topological polar surface area (TPSA) is 268 Å². The molecule has 2 aliphatic rings. The molecule has 2 aliphatic heterocycles. The van der Waals surface area contributed by atoms with E-state index in [0.29, 0.717) is 24.2 Å². The molecule has 3 rings (SSSR count). The van der Waals surface area contributed by atoms with E-state index in [1.54, 1.807) is 52.0 Å². The highest BCUT2D eigenvalue weighted by Gasteiger charge is 2.45. The summed E-state index contributed by atoms with van der Waals surface area (Å²) in [6.07, 6.45) is -5.64. The molecule has 0 bridgehead atoms. The van der Waals surface area contributed by atoms with Gasteiger partial charge in [-0.25, -0.2) is 4.79 Å². The molecule has 6 unspecified atom stereocenters. The lowest BCUT2D eigenvalue weighted by molar-refractivity contribution is -0.163. The number of Topliss-reactive ketones (excluding diaryl/α,β-unsaturated/α-hetero) is 1. The average Bonchev–Trinajstić information content (AvgIpc) is 3.82. The monoisotopic (exact) mass is 1010 g/mol. The van der Waals surface area contributed by atoms with Crippen LogP contribution in [0.1, 0.15) is 120 Å². The highest BCUT2D eigenvalue weighted by Crippen LogP contribution is 2.26. The van der Waals surface area contributed by atoms with Crippen LogP contribution in [-0.2, 0) is 59.0 Å². The van der Waals surface area contributed by atoms with Crippen molar-refractivity contribution in [3.05, 3.63) is 29.8 Å². The van der Waals surface area contributed by atoms with Crippen molar-refractivity contribution in [1.29, 1.82) is 0 Å². The number of ether oxygens (including phenoxy) is 3. The Bertz CT molecular complexity index is 2060. The molecule has 404 valence electrons. The second kappa shape index (κ2) is 27.4. The SMILES string of the molecule is CCC(C)C1NC(=O)[C@H](NC(=O)[C@H](CC(C)C)N(C)C(=O)C(C)O)[C@@H](C)OC(=O)[C@H](Cc2ccc(OC)cc2)N(C)C(=O)[C@@H]2CCCN2C(=O)[C@H](CC(C)C)NC(=O)C(C)C(=O)C(C(C)C)OC(=O)CC1O. The summed E-state index contributed by atoms with van der Waals surface area (Å²) < 4.78 is 17.1. The third kappa shape index (κ3) is 16.2. The van der Waals surface area contributed by atoms with Crippen molar-refractivity contribution in [2.24, 2.45) is 29.6 Å². The van der Waals surface area contributed by atoms with Gasteiger partial charge in [0.2, 0.25) is 29.5 Å². The fourth-order valence-corrected chi connectivity index (χ4v) is 9.05. The number of aliphatic hydroxyl groups excluding tert-OH is 2. The van der Waals surface area contributed by atoms with Gasteiger partial charge in [0.25, 0.3) is 5.91 Å². The highest BCUT2D eigenvalue weighted by molar-refractivity contribution is 6.05. The zero-order valence-corrected chi connectivity index (χ0v) is 44.8. The maximum Gasteiger partial charge on any atom is 0.329 e. The highest BCUT2D eigenvalue weighted by atomic mass is 16.6. The molecule has 0 saturated carbocycles. The maximum atomic E-state index is 14.8. The third-order valence-corrected chi connectivity index (χ3v) is 13.7. The molecule has 5 N–H and O–H groups in total. The van der Waals surface area contributed by atoms with Gasteiger partial charge in [-0.2, -0.15) is 0 Å². The summed E-state index contributed by atoms with van der Waals surface area (Å²) in [4.78, 5) is 132. The summed E-state index contributed by atoms with van der Waals surface area (Å²) in [5.41, 5.74) is 0.582. The first kappa shape index (κ1) is 60.7. The van der Waals surface area contributed by atoms with Crippen molar-refractivity contribution >= 4 is 53.2 Å². The number of fused-ring (bicyclic) bond motifs is 1. The van der Waals surface area contributed by atoms with Crippen LogP contribution in [-0.4, -0.2) is 166 Å². The number of methoxy groups -OCH3 is 1. The molecule has 20 heteroatoms. The van der Waals surface area contributed by atoms with Crippen LogP contribution in [0.3, 0.4) is 0 Å². The molecule has 2 saturated heterocycles. The Labute approximate surface area is 425 Å². The Kier molecular flexibility index (Phi) is 23.1. The van der Waals surface area contributed by atoms with Gasteiger partial charge in [0.1, 0.15) is 48.2 Å². The van der Waals surface area contributed by atoms with Crippen molar-refractivity contribution < 1.29 is 67.6 Å². The van der Waals surface area contributed by atoms with E-state index < -0.39 is 138 Å². The lowest BCUT2D eigenvalue weighted by Crippen LogP contribution is -2.62. The normalized spacial score (nSPS) is 27.1. The van der Waals surface area contributed by atoms with Crippen LogP contribution in [0.5, 0.6) is 5.75 Å². The first-order chi connectivity index (χ1) is 33.6. The molecule has 2 fully saturated rings. The summed E-state index contributed by atoms with van der Waals surface area (Å²) in [5, 5.41) is 30.1. The van der Waals surface area contributed by atoms with E-state index in [4.69, 9.17) is 14.2 Å². The summed E-state index contributed by atoms with van der Waals surface area (Å²) in [6, 6.07) is -1.03. The van der Waals surface area contributed by atoms with Crippen molar-refractivity contribution in [2.45, 2.75) is 182 Å². The van der Waals surface area contributed by atoms with Gasteiger partial charge < -0.3 is 55.1 Å². The molecule has 0 spiro atoms. The van der Waals surface area contributed by atoms with E-state index in [9.17, 15) is 53.4 Å². The van der Waals surface area contributed by atoms with Gasteiger partial charge in [-0.15, -0.1) is 0 Å². The second-order valence-corrected chi connectivity index (χ2v) is 20.8. The quantitative estimate of drug-likeness (QED) is 0.132. The van der Waals surface area contributed by atoms with E-state index in [0.717, 1.165) is 4.90 Å². The number of aliphatic hydroxyl groups is 2. The molecule has 1 aromatic rings. The smallest absolute Gasteiger partial charge is 0.329 e. The molecule has 2 heterocycles. The van der Waals surface area contributed by atoms with Crippen molar-refractivity contribution in [2.75, 3.05) is 27.7 Å². The Morgan fingerprint density at radius 3 is 2.07 bits per heavy atom. The fraction of sp³-hybridized carbons (Fsp3) is 0.712. The number of hydrogen-bond acceptors (Lipinski definition) is 14. The van der Waals surface area contributed by atoms with Crippen LogP contribution >= 0.6 is 0 Å². The van der Waals surface area contributed by atoms with E-state index in [1.807, 2.05) is 27.7 Å². The lowest BCUT2D eigenvalue weighted by Gasteiger charge is -2.36. The summed E-state index contributed by atoms with van der Waals surface area (Å²) in [7, 11) is 4.23. The van der Waals surface area contributed by atoms with Gasteiger partial charge >= 0.3 is 11.9 Å². The minimum absolute atomic E-state index is 0.0955. The average molecular weight is 1020 g/mol. The lowest BCUT2D eigenvalue weighted by atomic mass is 9.91.